The summed E-state index contributed by atoms with van der Waals surface area (Å²) >= 11 is 0. The number of rotatable bonds is 4. The van der Waals surface area contributed by atoms with Gasteiger partial charge in [0.1, 0.15) is 5.75 Å². The van der Waals surface area contributed by atoms with E-state index >= 15 is 0 Å². The van der Waals surface area contributed by atoms with Crippen LogP contribution in [-0.2, 0) is 0 Å². The van der Waals surface area contributed by atoms with Crippen LogP contribution in [0.15, 0.2) is 42.7 Å². The van der Waals surface area contributed by atoms with Crippen LogP contribution in [0.5, 0.6) is 5.75 Å². The number of aromatic nitrogens is 1. The molecular weight excluding hydrogens is 244 g/mol. The first-order valence-corrected chi connectivity index (χ1v) is 5.28. The molecule has 19 heavy (non-hydrogen) atoms. The van der Waals surface area contributed by atoms with Crippen molar-refractivity contribution in [2.75, 3.05) is 12.4 Å². The van der Waals surface area contributed by atoms with Crippen molar-refractivity contribution in [2.24, 2.45) is 0 Å². The molecular formula is C14H16N2O3. The lowest BCUT2D eigenvalue weighted by atomic mass is 10.2. The average molecular weight is 260 g/mol. The number of benzene rings is 1. The fourth-order valence-electron chi connectivity index (χ4n) is 1.51. The molecule has 2 N–H and O–H groups in total. The van der Waals surface area contributed by atoms with Crippen molar-refractivity contribution in [3.63, 3.8) is 0 Å². The van der Waals surface area contributed by atoms with E-state index in [4.69, 9.17) is 9.84 Å². The maximum absolute atomic E-state index is 11.0. The number of pyridine rings is 1. The Bertz CT molecular complexity index is 556. The number of nitrogens with one attached hydrogen (secondary N) is 1. The standard InChI is InChI=1S/C13H12N2O3.CH4/c1-18-12-7-9(13(16)17)6-11(8-12)15-10-2-4-14-5-3-10;/h2-8H,1H3,(H,14,15)(H,16,17);1H4. The van der Waals surface area contributed by atoms with Gasteiger partial charge in [-0.2, -0.15) is 0 Å². The lowest BCUT2D eigenvalue weighted by Gasteiger charge is -2.09. The number of hydrogen-bond acceptors (Lipinski definition) is 4. The highest BCUT2D eigenvalue weighted by molar-refractivity contribution is 5.89. The number of aromatic carboxylic acids is 1. The molecule has 5 heteroatoms. The lowest BCUT2D eigenvalue weighted by Crippen LogP contribution is -1.99. The van der Waals surface area contributed by atoms with E-state index in [1.807, 2.05) is 0 Å². The zero-order chi connectivity index (χ0) is 13.0. The van der Waals surface area contributed by atoms with Gasteiger partial charge in [-0.15, -0.1) is 0 Å². The summed E-state index contributed by atoms with van der Waals surface area (Å²) in [5.74, 6) is -0.502. The normalized spacial score (nSPS) is 9.32. The molecule has 0 aliphatic rings. The predicted molar refractivity (Wildman–Crippen MR) is 74.2 cm³/mol. The molecule has 1 heterocycles. The van der Waals surface area contributed by atoms with E-state index in [1.165, 1.54) is 13.2 Å². The largest absolute Gasteiger partial charge is 0.497 e. The molecule has 0 aliphatic carbocycles. The number of nitrogens with zero attached hydrogens (tertiary/aromatic N) is 1. The highest BCUT2D eigenvalue weighted by atomic mass is 16.5. The van der Waals surface area contributed by atoms with E-state index in [9.17, 15) is 4.79 Å². The van der Waals surface area contributed by atoms with Gasteiger partial charge >= 0.3 is 5.97 Å². The van der Waals surface area contributed by atoms with E-state index in [1.54, 1.807) is 36.7 Å². The first-order valence-electron chi connectivity index (χ1n) is 5.28. The van der Waals surface area contributed by atoms with Crippen molar-refractivity contribution in [3.8, 4) is 5.75 Å². The molecule has 5 nitrogen and oxygen atoms in total. The van der Waals surface area contributed by atoms with Crippen LogP contribution in [-0.4, -0.2) is 23.2 Å². The van der Waals surface area contributed by atoms with Crippen LogP contribution in [0.4, 0.5) is 11.4 Å². The third-order valence-electron chi connectivity index (χ3n) is 2.36. The second-order valence-corrected chi connectivity index (χ2v) is 3.62. The van der Waals surface area contributed by atoms with Gasteiger partial charge in [0.05, 0.1) is 12.7 Å². The van der Waals surface area contributed by atoms with Crippen molar-refractivity contribution in [1.29, 1.82) is 0 Å². The van der Waals surface area contributed by atoms with Gasteiger partial charge in [-0.1, -0.05) is 7.43 Å². The second-order valence-electron chi connectivity index (χ2n) is 3.62. The number of anilines is 2. The molecule has 2 aromatic rings. The molecule has 0 fully saturated rings. The van der Waals surface area contributed by atoms with Gasteiger partial charge in [0.15, 0.2) is 0 Å². The van der Waals surface area contributed by atoms with Crippen molar-refractivity contribution in [2.45, 2.75) is 7.43 Å². The summed E-state index contributed by atoms with van der Waals surface area (Å²) in [7, 11) is 1.50. The first-order chi connectivity index (χ1) is 8.69. The molecule has 0 spiro atoms. The van der Waals surface area contributed by atoms with Crippen LogP contribution in [0.1, 0.15) is 17.8 Å². The van der Waals surface area contributed by atoms with Crippen LogP contribution in [0.25, 0.3) is 0 Å². The van der Waals surface area contributed by atoms with E-state index in [2.05, 4.69) is 10.3 Å². The quantitative estimate of drug-likeness (QED) is 0.883. The smallest absolute Gasteiger partial charge is 0.335 e. The number of carbonyl (C=O) groups is 1. The Labute approximate surface area is 111 Å². The molecule has 0 atom stereocenters. The minimum atomic E-state index is -0.994. The number of carboxylic acid groups (broad SMARTS) is 1. The predicted octanol–water partition coefficient (Wildman–Crippen LogP) is 3.17. The topological polar surface area (TPSA) is 71.5 Å². The van der Waals surface area contributed by atoms with Crippen LogP contribution < -0.4 is 10.1 Å². The Kier molecular flexibility index (Phi) is 4.88. The molecule has 0 saturated heterocycles. The van der Waals surface area contributed by atoms with Crippen LogP contribution in [0.3, 0.4) is 0 Å². The van der Waals surface area contributed by atoms with Gasteiger partial charge in [-0.3, -0.25) is 4.98 Å². The van der Waals surface area contributed by atoms with Gasteiger partial charge in [0.25, 0.3) is 0 Å². The van der Waals surface area contributed by atoms with Crippen molar-refractivity contribution >= 4 is 17.3 Å². The summed E-state index contributed by atoms with van der Waals surface area (Å²) in [6.45, 7) is 0. The Morgan fingerprint density at radius 2 is 1.89 bits per heavy atom. The van der Waals surface area contributed by atoms with E-state index in [0.29, 0.717) is 11.4 Å². The molecule has 0 aliphatic heterocycles. The van der Waals surface area contributed by atoms with Gasteiger partial charge in [-0.25, -0.2) is 4.79 Å². The molecule has 0 amide bonds. The molecule has 1 aromatic heterocycles. The second kappa shape index (κ2) is 6.39. The van der Waals surface area contributed by atoms with Crippen LogP contribution in [0.2, 0.25) is 0 Å². The monoisotopic (exact) mass is 260 g/mol. The Morgan fingerprint density at radius 3 is 2.47 bits per heavy atom. The SMILES string of the molecule is C.COc1cc(Nc2ccncc2)cc(C(=O)O)c1. The third-order valence-corrected chi connectivity index (χ3v) is 2.36. The summed E-state index contributed by atoms with van der Waals surface area (Å²) in [5, 5.41) is 12.1. The van der Waals surface area contributed by atoms with Crippen molar-refractivity contribution in [1.82, 2.24) is 4.98 Å². The first kappa shape index (κ1) is 14.5. The van der Waals surface area contributed by atoms with E-state index < -0.39 is 5.97 Å². The maximum atomic E-state index is 11.0. The van der Waals surface area contributed by atoms with Gasteiger partial charge in [0, 0.05) is 29.8 Å². The molecule has 0 saturated carbocycles. The Hall–Kier alpha value is -2.56. The Balaban J connectivity index is 0.00000180. The van der Waals surface area contributed by atoms with Gasteiger partial charge in [0.2, 0.25) is 0 Å². The Morgan fingerprint density at radius 1 is 1.21 bits per heavy atom. The summed E-state index contributed by atoms with van der Waals surface area (Å²) in [6.07, 6.45) is 3.31. The number of ether oxygens (including phenoxy) is 1. The summed E-state index contributed by atoms with van der Waals surface area (Å²) in [5.41, 5.74) is 1.65. The van der Waals surface area contributed by atoms with Gasteiger partial charge in [-0.05, 0) is 24.3 Å². The highest BCUT2D eigenvalue weighted by Gasteiger charge is 2.07. The zero-order valence-electron chi connectivity index (χ0n) is 9.75. The lowest BCUT2D eigenvalue weighted by molar-refractivity contribution is 0.0696. The summed E-state index contributed by atoms with van der Waals surface area (Å²) in [4.78, 5) is 14.9. The van der Waals surface area contributed by atoms with E-state index in [0.717, 1.165) is 5.69 Å². The summed E-state index contributed by atoms with van der Waals surface area (Å²) < 4.78 is 5.07. The molecule has 1 aromatic carbocycles. The zero-order valence-corrected chi connectivity index (χ0v) is 9.75. The van der Waals surface area contributed by atoms with Crippen LogP contribution >= 0.6 is 0 Å². The fourth-order valence-corrected chi connectivity index (χ4v) is 1.51. The van der Waals surface area contributed by atoms with Gasteiger partial charge < -0.3 is 15.2 Å². The molecule has 2 rings (SSSR count). The molecule has 0 radical (unpaired) electrons. The van der Waals surface area contributed by atoms with E-state index in [-0.39, 0.29) is 13.0 Å². The number of methoxy groups -OCH3 is 1. The minimum Gasteiger partial charge on any atom is -0.497 e. The molecule has 0 unspecified atom stereocenters. The summed E-state index contributed by atoms with van der Waals surface area (Å²) in [6, 6.07) is 8.33. The molecule has 0 bridgehead atoms. The fraction of sp³-hybridized carbons (Fsp3) is 0.143. The van der Waals surface area contributed by atoms with Crippen molar-refractivity contribution < 1.29 is 14.6 Å². The average Bonchev–Trinajstić information content (AvgIpc) is 2.39. The number of hydrogen-bond donors (Lipinski definition) is 2. The highest BCUT2D eigenvalue weighted by Crippen LogP contribution is 2.23. The third kappa shape index (κ3) is 3.70. The van der Waals surface area contributed by atoms with Crippen LogP contribution in [0, 0.1) is 0 Å². The molecule has 100 valence electrons. The minimum absolute atomic E-state index is 0. The maximum Gasteiger partial charge on any atom is 0.335 e. The number of carboxylic acids is 1. The van der Waals surface area contributed by atoms with Crippen molar-refractivity contribution in [3.05, 3.63) is 48.3 Å².